The number of fused-ring (bicyclic) bond motifs is 11. The Bertz CT molecular complexity index is 2910. The molecule has 0 aliphatic heterocycles. The van der Waals surface area contributed by atoms with Crippen LogP contribution in [0.1, 0.15) is 49.9 Å². The van der Waals surface area contributed by atoms with E-state index in [1.165, 1.54) is 60.7 Å². The fourth-order valence-electron chi connectivity index (χ4n) is 9.75. The highest BCUT2D eigenvalue weighted by atomic mass is 16.3. The number of hydrogen-bond acceptors (Lipinski definition) is 2. The van der Waals surface area contributed by atoms with Crippen molar-refractivity contribution in [2.24, 2.45) is 0 Å². The molecule has 0 bridgehead atoms. The van der Waals surface area contributed by atoms with Gasteiger partial charge in [0, 0.05) is 38.7 Å². The minimum absolute atomic E-state index is 0.113. The van der Waals surface area contributed by atoms with Gasteiger partial charge in [0.15, 0.2) is 0 Å². The van der Waals surface area contributed by atoms with Gasteiger partial charge >= 0.3 is 0 Å². The van der Waals surface area contributed by atoms with Gasteiger partial charge in [-0.25, -0.2) is 0 Å². The predicted molar refractivity (Wildman–Crippen MR) is 226 cm³/mol. The molecule has 0 radical (unpaired) electrons. The largest absolute Gasteiger partial charge is 0.456 e. The van der Waals surface area contributed by atoms with Crippen molar-refractivity contribution in [1.82, 2.24) is 0 Å². The van der Waals surface area contributed by atoms with E-state index in [9.17, 15) is 0 Å². The van der Waals surface area contributed by atoms with E-state index in [1.54, 1.807) is 0 Å². The molecule has 54 heavy (non-hydrogen) atoms. The second-order valence-electron chi connectivity index (χ2n) is 16.1. The zero-order valence-electron chi connectivity index (χ0n) is 30.9. The minimum Gasteiger partial charge on any atom is -0.456 e. The Hall–Kier alpha value is -6.38. The van der Waals surface area contributed by atoms with Crippen LogP contribution in [0.25, 0.3) is 66.1 Å². The molecule has 2 aliphatic carbocycles. The van der Waals surface area contributed by atoms with Gasteiger partial charge in [-0.2, -0.15) is 0 Å². The van der Waals surface area contributed by atoms with Crippen LogP contribution in [0.15, 0.2) is 168 Å². The van der Waals surface area contributed by atoms with Gasteiger partial charge in [-0.05, 0) is 115 Å². The number of rotatable bonds is 4. The van der Waals surface area contributed by atoms with Crippen LogP contribution >= 0.6 is 0 Å². The molecule has 2 heteroatoms. The number of anilines is 3. The number of hydrogen-bond donors (Lipinski definition) is 0. The van der Waals surface area contributed by atoms with Gasteiger partial charge in [0.05, 0.1) is 0 Å². The Morgan fingerprint density at radius 2 is 0.889 bits per heavy atom. The zero-order chi connectivity index (χ0) is 36.3. The monoisotopic (exact) mass is 693 g/mol. The molecule has 0 fully saturated rings. The molecular formula is C52H39NO. The van der Waals surface area contributed by atoms with Gasteiger partial charge in [0.2, 0.25) is 0 Å². The van der Waals surface area contributed by atoms with Crippen molar-refractivity contribution < 1.29 is 4.42 Å². The molecule has 258 valence electrons. The van der Waals surface area contributed by atoms with Crippen LogP contribution in [-0.4, -0.2) is 0 Å². The molecule has 1 aromatic heterocycles. The minimum atomic E-state index is -0.113. The quantitative estimate of drug-likeness (QED) is 0.182. The first-order chi connectivity index (χ1) is 26.3. The van der Waals surface area contributed by atoms with Crippen LogP contribution in [0.3, 0.4) is 0 Å². The Kier molecular flexibility index (Phi) is 6.39. The van der Waals surface area contributed by atoms with Crippen LogP contribution in [0, 0.1) is 0 Å². The van der Waals surface area contributed by atoms with Gasteiger partial charge in [0.1, 0.15) is 11.2 Å². The third kappa shape index (κ3) is 4.28. The highest BCUT2D eigenvalue weighted by molar-refractivity contribution is 6.22. The maximum atomic E-state index is 6.51. The van der Waals surface area contributed by atoms with Crippen LogP contribution < -0.4 is 4.90 Å². The van der Waals surface area contributed by atoms with Crippen molar-refractivity contribution in [2.75, 3.05) is 4.90 Å². The lowest BCUT2D eigenvalue weighted by molar-refractivity contribution is 0.660. The topological polar surface area (TPSA) is 16.4 Å². The van der Waals surface area contributed by atoms with E-state index in [0.29, 0.717) is 0 Å². The van der Waals surface area contributed by atoms with Gasteiger partial charge in [-0.15, -0.1) is 0 Å². The van der Waals surface area contributed by atoms with E-state index in [4.69, 9.17) is 4.42 Å². The van der Waals surface area contributed by atoms with E-state index in [1.807, 2.05) is 6.07 Å². The summed E-state index contributed by atoms with van der Waals surface area (Å²) < 4.78 is 6.51. The lowest BCUT2D eigenvalue weighted by Crippen LogP contribution is -2.18. The van der Waals surface area contributed by atoms with Gasteiger partial charge < -0.3 is 9.32 Å². The average Bonchev–Trinajstić information content (AvgIpc) is 3.78. The van der Waals surface area contributed by atoms with E-state index < -0.39 is 0 Å². The Balaban J connectivity index is 1.13. The summed E-state index contributed by atoms with van der Waals surface area (Å²) in [6, 6.07) is 60.4. The number of benzene rings is 8. The molecule has 2 aliphatic rings. The molecule has 0 N–H and O–H groups in total. The summed E-state index contributed by atoms with van der Waals surface area (Å²) in [6.07, 6.45) is 0. The number of furan rings is 1. The Labute approximate surface area is 315 Å². The molecule has 9 aromatic rings. The maximum absolute atomic E-state index is 6.51. The van der Waals surface area contributed by atoms with Crippen LogP contribution in [0.5, 0.6) is 0 Å². The fraction of sp³-hybridized carbons (Fsp3) is 0.115. The molecule has 0 amide bonds. The lowest BCUT2D eigenvalue weighted by Gasteiger charge is -2.30. The summed E-state index contributed by atoms with van der Waals surface area (Å²) in [5.41, 5.74) is 18.1. The molecule has 11 rings (SSSR count). The van der Waals surface area contributed by atoms with E-state index in [0.717, 1.165) is 44.7 Å². The van der Waals surface area contributed by atoms with E-state index in [-0.39, 0.29) is 10.8 Å². The smallest absolute Gasteiger partial charge is 0.136 e. The molecule has 1 heterocycles. The number of para-hydroxylation sites is 1. The van der Waals surface area contributed by atoms with E-state index in [2.05, 4.69) is 190 Å². The van der Waals surface area contributed by atoms with Crippen molar-refractivity contribution in [2.45, 2.75) is 38.5 Å². The summed E-state index contributed by atoms with van der Waals surface area (Å²) in [5.74, 6) is 0. The van der Waals surface area contributed by atoms with Crippen molar-refractivity contribution in [3.63, 3.8) is 0 Å². The molecule has 8 aromatic carbocycles. The Morgan fingerprint density at radius 3 is 1.54 bits per heavy atom. The molecule has 0 spiro atoms. The number of nitrogens with zero attached hydrogens (tertiary/aromatic N) is 1. The van der Waals surface area contributed by atoms with Crippen molar-refractivity contribution in [1.29, 1.82) is 0 Å². The molecule has 0 atom stereocenters. The van der Waals surface area contributed by atoms with Crippen LogP contribution in [0.4, 0.5) is 17.1 Å². The molecule has 0 saturated carbocycles. The predicted octanol–water partition coefficient (Wildman–Crippen LogP) is 14.5. The average molecular weight is 694 g/mol. The molecular weight excluding hydrogens is 655 g/mol. The standard InChI is InChI=1S/C52H39NO/c1-51(2)44-21-10-7-17-37(44)39-26-24-34(29-46(39)51)53(35-25-27-40-38-18-8-11-22-45(38)52(3,4)47(40)30-35)33-15-13-14-32(28-33)43-31-49-50(41-19-6-5-16-36(41)43)42-20-9-12-23-48(42)54-49/h5-31H,1-4H3. The molecule has 0 saturated heterocycles. The van der Waals surface area contributed by atoms with Gasteiger partial charge in [-0.1, -0.05) is 143 Å². The van der Waals surface area contributed by atoms with E-state index >= 15 is 0 Å². The first kappa shape index (κ1) is 31.2. The maximum Gasteiger partial charge on any atom is 0.136 e. The van der Waals surface area contributed by atoms with Crippen LogP contribution in [-0.2, 0) is 10.8 Å². The van der Waals surface area contributed by atoms with Gasteiger partial charge in [0.25, 0.3) is 0 Å². The summed E-state index contributed by atoms with van der Waals surface area (Å²) in [5, 5.41) is 4.75. The Morgan fingerprint density at radius 1 is 0.370 bits per heavy atom. The SMILES string of the molecule is CC1(C)c2ccccc2-c2ccc(N(c3cccc(-c4cc5oc6ccccc6c5c5ccccc45)c3)c3ccc4c(c3)C(C)(C)c3ccccc3-4)cc21. The van der Waals surface area contributed by atoms with Crippen molar-refractivity contribution >= 4 is 49.8 Å². The summed E-state index contributed by atoms with van der Waals surface area (Å²) >= 11 is 0. The first-order valence-corrected chi connectivity index (χ1v) is 19.0. The third-order valence-corrected chi connectivity index (χ3v) is 12.5. The highest BCUT2D eigenvalue weighted by Gasteiger charge is 2.37. The fourth-order valence-corrected chi connectivity index (χ4v) is 9.75. The normalized spacial score (nSPS) is 14.6. The summed E-state index contributed by atoms with van der Waals surface area (Å²) in [6.45, 7) is 9.45. The second-order valence-corrected chi connectivity index (χ2v) is 16.1. The van der Waals surface area contributed by atoms with Crippen molar-refractivity contribution in [3.05, 3.63) is 186 Å². The summed E-state index contributed by atoms with van der Waals surface area (Å²) in [7, 11) is 0. The van der Waals surface area contributed by atoms with Crippen LogP contribution in [0.2, 0.25) is 0 Å². The molecule has 0 unspecified atom stereocenters. The third-order valence-electron chi connectivity index (χ3n) is 12.5. The lowest BCUT2D eigenvalue weighted by atomic mass is 9.82. The molecule has 2 nitrogen and oxygen atoms in total. The summed E-state index contributed by atoms with van der Waals surface area (Å²) in [4.78, 5) is 2.46. The second kappa shape index (κ2) is 11.1. The first-order valence-electron chi connectivity index (χ1n) is 19.0. The zero-order valence-corrected chi connectivity index (χ0v) is 30.9. The van der Waals surface area contributed by atoms with Gasteiger partial charge in [-0.3, -0.25) is 0 Å². The van der Waals surface area contributed by atoms with Crippen molar-refractivity contribution in [3.8, 4) is 33.4 Å². The highest BCUT2D eigenvalue weighted by Crippen LogP contribution is 2.53.